The average molecular weight is 323 g/mol. The summed E-state index contributed by atoms with van der Waals surface area (Å²) in [4.78, 5) is 0. The maximum absolute atomic E-state index is 13.4. The van der Waals surface area contributed by atoms with Crippen LogP contribution >= 0.6 is 15.9 Å². The quantitative estimate of drug-likeness (QED) is 0.918. The average Bonchev–Trinajstić information content (AvgIpc) is 2.38. The van der Waals surface area contributed by atoms with Crippen LogP contribution in [0.3, 0.4) is 0 Å². The number of nitrogens with one attached hydrogen (secondary N) is 1. The molecule has 0 radical (unpaired) electrons. The van der Waals surface area contributed by atoms with Crippen molar-refractivity contribution in [1.82, 2.24) is 0 Å². The van der Waals surface area contributed by atoms with Gasteiger partial charge in [-0.15, -0.1) is 0 Å². The van der Waals surface area contributed by atoms with Crippen molar-refractivity contribution in [2.45, 2.75) is 6.54 Å². The van der Waals surface area contributed by atoms with Crippen molar-refractivity contribution in [3.05, 3.63) is 63.6 Å². The van der Waals surface area contributed by atoms with Crippen LogP contribution in [0, 0.1) is 23.0 Å². The Morgan fingerprint density at radius 3 is 2.58 bits per heavy atom. The Hall–Kier alpha value is -1.93. The Balaban J connectivity index is 2.10. The molecule has 0 fully saturated rings. The Morgan fingerprint density at radius 1 is 1.16 bits per heavy atom. The summed E-state index contributed by atoms with van der Waals surface area (Å²) in [5.41, 5.74) is 1.65. The zero-order valence-electron chi connectivity index (χ0n) is 9.75. The fourth-order valence-electron chi connectivity index (χ4n) is 1.58. The second kappa shape index (κ2) is 5.81. The standard InChI is InChI=1S/C14H9BrF2N2/c15-13-6-12(4-2-9(13)7-18)19-8-10-1-3-11(16)5-14(10)17/h1-6,19H,8H2. The first kappa shape index (κ1) is 13.5. The zero-order valence-corrected chi connectivity index (χ0v) is 11.3. The first-order valence-electron chi connectivity index (χ1n) is 5.47. The highest BCUT2D eigenvalue weighted by atomic mass is 79.9. The van der Waals surface area contributed by atoms with Crippen LogP contribution in [-0.4, -0.2) is 0 Å². The predicted octanol–water partition coefficient (Wildman–Crippen LogP) is 4.21. The van der Waals surface area contributed by atoms with Gasteiger partial charge in [0.2, 0.25) is 0 Å². The Morgan fingerprint density at radius 2 is 1.95 bits per heavy atom. The minimum atomic E-state index is -0.595. The van der Waals surface area contributed by atoms with E-state index in [1.165, 1.54) is 12.1 Å². The first-order valence-corrected chi connectivity index (χ1v) is 6.27. The minimum Gasteiger partial charge on any atom is -0.381 e. The topological polar surface area (TPSA) is 35.8 Å². The Bertz CT molecular complexity index is 650. The molecule has 19 heavy (non-hydrogen) atoms. The third kappa shape index (κ3) is 3.30. The molecule has 2 aromatic rings. The lowest BCUT2D eigenvalue weighted by Gasteiger charge is -2.08. The number of rotatable bonds is 3. The van der Waals surface area contributed by atoms with Gasteiger partial charge in [-0.05, 0) is 40.2 Å². The fraction of sp³-hybridized carbons (Fsp3) is 0.0714. The monoisotopic (exact) mass is 322 g/mol. The molecule has 2 rings (SSSR count). The van der Waals surface area contributed by atoms with Crippen LogP contribution in [0.4, 0.5) is 14.5 Å². The van der Waals surface area contributed by atoms with E-state index in [4.69, 9.17) is 5.26 Å². The minimum absolute atomic E-state index is 0.241. The van der Waals surface area contributed by atoms with Gasteiger partial charge in [-0.1, -0.05) is 6.07 Å². The second-order valence-electron chi connectivity index (χ2n) is 3.90. The van der Waals surface area contributed by atoms with E-state index < -0.39 is 11.6 Å². The molecular formula is C14H9BrF2N2. The highest BCUT2D eigenvalue weighted by molar-refractivity contribution is 9.10. The van der Waals surface area contributed by atoms with Gasteiger partial charge in [-0.2, -0.15) is 5.26 Å². The lowest BCUT2D eigenvalue weighted by molar-refractivity contribution is 0.574. The smallest absolute Gasteiger partial charge is 0.131 e. The number of hydrogen-bond acceptors (Lipinski definition) is 2. The van der Waals surface area contributed by atoms with E-state index in [1.54, 1.807) is 18.2 Å². The van der Waals surface area contributed by atoms with Crippen LogP contribution in [0.1, 0.15) is 11.1 Å². The summed E-state index contributed by atoms with van der Waals surface area (Å²) in [7, 11) is 0. The van der Waals surface area contributed by atoms with Gasteiger partial charge in [0.15, 0.2) is 0 Å². The number of nitriles is 1. The third-order valence-corrected chi connectivity index (χ3v) is 3.24. The van der Waals surface area contributed by atoms with Gasteiger partial charge >= 0.3 is 0 Å². The Kier molecular flexibility index (Phi) is 4.13. The molecule has 0 saturated carbocycles. The molecule has 96 valence electrons. The van der Waals surface area contributed by atoms with E-state index in [1.807, 2.05) is 6.07 Å². The molecule has 0 unspecified atom stereocenters. The molecular weight excluding hydrogens is 314 g/mol. The summed E-state index contributed by atoms with van der Waals surface area (Å²) in [6, 6.07) is 10.6. The number of halogens is 3. The van der Waals surface area contributed by atoms with Crippen molar-refractivity contribution in [3.63, 3.8) is 0 Å². The molecule has 0 saturated heterocycles. The fourth-order valence-corrected chi connectivity index (χ4v) is 2.05. The van der Waals surface area contributed by atoms with Crippen molar-refractivity contribution in [2.75, 3.05) is 5.32 Å². The largest absolute Gasteiger partial charge is 0.381 e. The second-order valence-corrected chi connectivity index (χ2v) is 4.75. The summed E-state index contributed by atoms with van der Waals surface area (Å²) in [5.74, 6) is -1.18. The van der Waals surface area contributed by atoms with E-state index in [9.17, 15) is 8.78 Å². The molecule has 0 aromatic heterocycles. The van der Waals surface area contributed by atoms with Crippen molar-refractivity contribution in [3.8, 4) is 6.07 Å². The molecule has 0 bridgehead atoms. The molecule has 2 aromatic carbocycles. The van der Waals surface area contributed by atoms with Crippen molar-refractivity contribution >= 4 is 21.6 Å². The van der Waals surface area contributed by atoms with Crippen LogP contribution in [-0.2, 0) is 6.54 Å². The molecule has 0 atom stereocenters. The van der Waals surface area contributed by atoms with Gasteiger partial charge in [0, 0.05) is 28.3 Å². The lowest BCUT2D eigenvalue weighted by Crippen LogP contribution is -2.02. The number of benzene rings is 2. The molecule has 0 aliphatic heterocycles. The van der Waals surface area contributed by atoms with E-state index in [0.29, 0.717) is 15.6 Å². The molecule has 2 nitrogen and oxygen atoms in total. The molecule has 0 aliphatic rings. The van der Waals surface area contributed by atoms with Crippen LogP contribution in [0.15, 0.2) is 40.9 Å². The Labute approximate surface area is 117 Å². The third-order valence-electron chi connectivity index (χ3n) is 2.59. The van der Waals surface area contributed by atoms with Gasteiger partial charge in [0.1, 0.15) is 17.7 Å². The summed E-state index contributed by atoms with van der Waals surface area (Å²) in [6.07, 6.45) is 0. The molecule has 0 spiro atoms. The van der Waals surface area contributed by atoms with Gasteiger partial charge < -0.3 is 5.32 Å². The van der Waals surface area contributed by atoms with Gasteiger partial charge in [0.25, 0.3) is 0 Å². The molecule has 0 heterocycles. The first-order chi connectivity index (χ1) is 9.10. The normalized spacial score (nSPS) is 10.0. The molecule has 5 heteroatoms. The summed E-state index contributed by atoms with van der Waals surface area (Å²) in [5, 5.41) is 11.8. The van der Waals surface area contributed by atoms with Gasteiger partial charge in [-0.25, -0.2) is 8.78 Å². The van der Waals surface area contributed by atoms with Crippen molar-refractivity contribution < 1.29 is 8.78 Å². The highest BCUT2D eigenvalue weighted by Crippen LogP contribution is 2.21. The SMILES string of the molecule is N#Cc1ccc(NCc2ccc(F)cc2F)cc1Br. The lowest BCUT2D eigenvalue weighted by atomic mass is 10.2. The highest BCUT2D eigenvalue weighted by Gasteiger charge is 2.04. The van der Waals surface area contributed by atoms with Crippen LogP contribution in [0.2, 0.25) is 0 Å². The van der Waals surface area contributed by atoms with E-state index in [2.05, 4.69) is 21.2 Å². The van der Waals surface area contributed by atoms with E-state index in [0.717, 1.165) is 11.8 Å². The van der Waals surface area contributed by atoms with E-state index in [-0.39, 0.29) is 6.54 Å². The van der Waals surface area contributed by atoms with E-state index >= 15 is 0 Å². The zero-order chi connectivity index (χ0) is 13.8. The number of nitrogens with zero attached hydrogens (tertiary/aromatic N) is 1. The summed E-state index contributed by atoms with van der Waals surface area (Å²) < 4.78 is 26.8. The molecule has 1 N–H and O–H groups in total. The van der Waals surface area contributed by atoms with Crippen LogP contribution < -0.4 is 5.32 Å². The summed E-state index contributed by atoms with van der Waals surface area (Å²) >= 11 is 3.27. The summed E-state index contributed by atoms with van der Waals surface area (Å²) in [6.45, 7) is 0.241. The number of hydrogen-bond donors (Lipinski definition) is 1. The van der Waals surface area contributed by atoms with Crippen molar-refractivity contribution in [2.24, 2.45) is 0 Å². The van der Waals surface area contributed by atoms with Crippen LogP contribution in [0.25, 0.3) is 0 Å². The molecule has 0 aliphatic carbocycles. The van der Waals surface area contributed by atoms with Gasteiger partial charge in [0.05, 0.1) is 5.56 Å². The van der Waals surface area contributed by atoms with Gasteiger partial charge in [-0.3, -0.25) is 0 Å². The number of anilines is 1. The van der Waals surface area contributed by atoms with Crippen LogP contribution in [0.5, 0.6) is 0 Å². The van der Waals surface area contributed by atoms with Crippen molar-refractivity contribution in [1.29, 1.82) is 5.26 Å². The maximum Gasteiger partial charge on any atom is 0.131 e. The molecule has 0 amide bonds. The maximum atomic E-state index is 13.4. The predicted molar refractivity (Wildman–Crippen MR) is 72.5 cm³/mol.